The highest BCUT2D eigenvalue weighted by Crippen LogP contribution is 2.30. The van der Waals surface area contributed by atoms with E-state index in [0.717, 1.165) is 18.6 Å². The molecule has 0 radical (unpaired) electrons. The third-order valence-corrected chi connectivity index (χ3v) is 3.67. The lowest BCUT2D eigenvalue weighted by Gasteiger charge is -2.14. The first-order valence-electron chi connectivity index (χ1n) is 8.25. The van der Waals surface area contributed by atoms with Gasteiger partial charge in [0.25, 0.3) is 0 Å². The number of rotatable bonds is 7. The second-order valence-corrected chi connectivity index (χ2v) is 5.84. The molecule has 0 heterocycles. The lowest BCUT2D eigenvalue weighted by molar-refractivity contribution is -0.137. The molecule has 0 aliphatic carbocycles. The number of halogens is 3. The van der Waals surface area contributed by atoms with E-state index >= 15 is 0 Å². The highest BCUT2D eigenvalue weighted by atomic mass is 19.4. The Hall–Kier alpha value is -2.70. The molecule has 0 fully saturated rings. The largest absolute Gasteiger partial charge is 0.491 e. The second kappa shape index (κ2) is 8.60. The Morgan fingerprint density at radius 2 is 1.81 bits per heavy atom. The van der Waals surface area contributed by atoms with E-state index < -0.39 is 11.7 Å². The average Bonchev–Trinajstić information content (AvgIpc) is 2.59. The van der Waals surface area contributed by atoms with Crippen molar-refractivity contribution in [3.8, 4) is 5.75 Å². The Morgan fingerprint density at radius 1 is 1.12 bits per heavy atom. The van der Waals surface area contributed by atoms with Gasteiger partial charge in [0.15, 0.2) is 0 Å². The molecule has 1 amide bonds. The van der Waals surface area contributed by atoms with Crippen molar-refractivity contribution in [2.75, 3.05) is 17.2 Å². The van der Waals surface area contributed by atoms with Crippen molar-refractivity contribution >= 4 is 17.3 Å². The molecule has 2 N–H and O–H groups in total. The molecule has 4 nitrogen and oxygen atoms in total. The summed E-state index contributed by atoms with van der Waals surface area (Å²) in [6.45, 7) is 3.80. The molecule has 140 valence electrons. The molecule has 0 aliphatic heterocycles. The Bertz CT molecular complexity index is 748. The number of carbonyl (C=O) groups is 1. The van der Waals surface area contributed by atoms with Crippen LogP contribution in [0.25, 0.3) is 0 Å². The number of amides is 1. The molecular formula is C19H21F3N2O2. The van der Waals surface area contributed by atoms with Crippen LogP contribution in [0.15, 0.2) is 48.5 Å². The molecule has 0 spiro atoms. The highest BCUT2D eigenvalue weighted by Gasteiger charge is 2.30. The van der Waals surface area contributed by atoms with Crippen molar-refractivity contribution < 1.29 is 22.7 Å². The Labute approximate surface area is 150 Å². The second-order valence-electron chi connectivity index (χ2n) is 5.84. The van der Waals surface area contributed by atoms with E-state index in [1.807, 2.05) is 13.8 Å². The summed E-state index contributed by atoms with van der Waals surface area (Å²) in [5, 5.41) is 5.37. The lowest BCUT2D eigenvalue weighted by Crippen LogP contribution is -2.22. The Morgan fingerprint density at radius 3 is 2.50 bits per heavy atom. The minimum Gasteiger partial charge on any atom is -0.491 e. The fraction of sp³-hybridized carbons (Fsp3) is 0.316. The lowest BCUT2D eigenvalue weighted by atomic mass is 10.2. The van der Waals surface area contributed by atoms with E-state index in [4.69, 9.17) is 4.74 Å². The van der Waals surface area contributed by atoms with Gasteiger partial charge in [0.2, 0.25) is 5.91 Å². The normalized spacial score (nSPS) is 12.3. The summed E-state index contributed by atoms with van der Waals surface area (Å²) in [6, 6.07) is 11.7. The van der Waals surface area contributed by atoms with Gasteiger partial charge in [-0.1, -0.05) is 19.1 Å². The highest BCUT2D eigenvalue weighted by molar-refractivity contribution is 5.93. The molecule has 2 aromatic carbocycles. The average molecular weight is 366 g/mol. The van der Waals surface area contributed by atoms with E-state index in [1.165, 1.54) is 12.1 Å². The van der Waals surface area contributed by atoms with Crippen LogP contribution in [0.5, 0.6) is 5.75 Å². The molecule has 1 atom stereocenters. The van der Waals surface area contributed by atoms with Crippen molar-refractivity contribution in [1.82, 2.24) is 0 Å². The van der Waals surface area contributed by atoms with Crippen molar-refractivity contribution in [2.24, 2.45) is 0 Å². The van der Waals surface area contributed by atoms with Crippen LogP contribution in [0.2, 0.25) is 0 Å². The van der Waals surface area contributed by atoms with Gasteiger partial charge in [-0.2, -0.15) is 13.2 Å². The van der Waals surface area contributed by atoms with Gasteiger partial charge in [0.05, 0.1) is 18.2 Å². The van der Waals surface area contributed by atoms with Crippen LogP contribution in [-0.4, -0.2) is 18.6 Å². The maximum absolute atomic E-state index is 12.7. The molecule has 2 aromatic rings. The standard InChI is InChI=1S/C19H21F3N2O2/c1-3-13(2)26-17-9-5-8-16(11-17)24-18(25)12-23-15-7-4-6-14(10-15)19(20,21)22/h4-11,13,23H,3,12H2,1-2H3,(H,24,25). The van der Waals surface area contributed by atoms with Crippen LogP contribution >= 0.6 is 0 Å². The number of benzene rings is 2. The molecule has 0 saturated carbocycles. The van der Waals surface area contributed by atoms with Gasteiger partial charge in [-0.15, -0.1) is 0 Å². The molecule has 1 unspecified atom stereocenters. The van der Waals surface area contributed by atoms with E-state index in [0.29, 0.717) is 11.4 Å². The summed E-state index contributed by atoms with van der Waals surface area (Å²) in [5.74, 6) is 0.270. The van der Waals surface area contributed by atoms with Crippen LogP contribution in [-0.2, 0) is 11.0 Å². The molecule has 7 heteroatoms. The van der Waals surface area contributed by atoms with Gasteiger partial charge in [0.1, 0.15) is 5.75 Å². The van der Waals surface area contributed by atoms with Gasteiger partial charge >= 0.3 is 6.18 Å². The van der Waals surface area contributed by atoms with Crippen LogP contribution < -0.4 is 15.4 Å². The number of carbonyl (C=O) groups excluding carboxylic acids is 1. The van der Waals surface area contributed by atoms with Crippen molar-refractivity contribution in [3.05, 3.63) is 54.1 Å². The smallest absolute Gasteiger partial charge is 0.416 e. The fourth-order valence-corrected chi connectivity index (χ4v) is 2.16. The topological polar surface area (TPSA) is 50.4 Å². The summed E-state index contributed by atoms with van der Waals surface area (Å²) >= 11 is 0. The van der Waals surface area contributed by atoms with E-state index in [9.17, 15) is 18.0 Å². The number of nitrogens with one attached hydrogen (secondary N) is 2. The monoisotopic (exact) mass is 366 g/mol. The van der Waals surface area contributed by atoms with E-state index in [2.05, 4.69) is 10.6 Å². The first-order valence-corrected chi connectivity index (χ1v) is 8.25. The van der Waals surface area contributed by atoms with Crippen LogP contribution in [0, 0.1) is 0 Å². The zero-order valence-corrected chi connectivity index (χ0v) is 14.6. The fourth-order valence-electron chi connectivity index (χ4n) is 2.16. The molecule has 0 aromatic heterocycles. The molecule has 0 aliphatic rings. The minimum absolute atomic E-state index is 0.0588. The van der Waals surface area contributed by atoms with Crippen molar-refractivity contribution in [2.45, 2.75) is 32.5 Å². The maximum atomic E-state index is 12.7. The zero-order chi connectivity index (χ0) is 19.2. The van der Waals surface area contributed by atoms with Crippen molar-refractivity contribution in [1.29, 1.82) is 0 Å². The number of ether oxygens (including phenoxy) is 1. The van der Waals surface area contributed by atoms with Gasteiger partial charge in [-0.05, 0) is 43.7 Å². The maximum Gasteiger partial charge on any atom is 0.416 e. The van der Waals surface area contributed by atoms with Crippen LogP contribution in [0.3, 0.4) is 0 Å². The summed E-state index contributed by atoms with van der Waals surface area (Å²) in [5.41, 5.74) is 0.0169. The summed E-state index contributed by atoms with van der Waals surface area (Å²) in [6.07, 6.45) is -3.50. The van der Waals surface area contributed by atoms with Gasteiger partial charge in [-0.25, -0.2) is 0 Å². The number of hydrogen-bond donors (Lipinski definition) is 2. The quantitative estimate of drug-likeness (QED) is 0.730. The third-order valence-electron chi connectivity index (χ3n) is 3.67. The molecule has 26 heavy (non-hydrogen) atoms. The summed E-state index contributed by atoms with van der Waals surface area (Å²) < 4.78 is 43.8. The summed E-state index contributed by atoms with van der Waals surface area (Å²) in [4.78, 5) is 12.0. The SMILES string of the molecule is CCC(C)Oc1cccc(NC(=O)CNc2cccc(C(F)(F)F)c2)c1. The number of hydrogen-bond acceptors (Lipinski definition) is 3. The van der Waals surface area contributed by atoms with Crippen molar-refractivity contribution in [3.63, 3.8) is 0 Å². The molecular weight excluding hydrogens is 345 g/mol. The van der Waals surface area contributed by atoms with Crippen LogP contribution in [0.4, 0.5) is 24.5 Å². The van der Waals surface area contributed by atoms with E-state index in [1.54, 1.807) is 24.3 Å². The predicted molar refractivity (Wildman–Crippen MR) is 95.4 cm³/mol. The molecule has 0 saturated heterocycles. The Kier molecular flexibility index (Phi) is 6.49. The zero-order valence-electron chi connectivity index (χ0n) is 14.6. The first kappa shape index (κ1) is 19.6. The van der Waals surface area contributed by atoms with Gasteiger partial charge in [0, 0.05) is 17.4 Å². The molecule has 2 rings (SSSR count). The van der Waals surface area contributed by atoms with Crippen LogP contribution in [0.1, 0.15) is 25.8 Å². The minimum atomic E-state index is -4.42. The first-order chi connectivity index (χ1) is 12.3. The van der Waals surface area contributed by atoms with E-state index in [-0.39, 0.29) is 24.2 Å². The van der Waals surface area contributed by atoms with Gasteiger partial charge in [-0.3, -0.25) is 4.79 Å². The number of anilines is 2. The Balaban J connectivity index is 1.92. The predicted octanol–water partition coefficient (Wildman–Crippen LogP) is 4.93. The third kappa shape index (κ3) is 5.98. The number of alkyl halides is 3. The molecule has 0 bridgehead atoms. The summed E-state index contributed by atoms with van der Waals surface area (Å²) in [7, 11) is 0. The van der Waals surface area contributed by atoms with Gasteiger partial charge < -0.3 is 15.4 Å².